The van der Waals surface area contributed by atoms with Crippen molar-refractivity contribution < 1.29 is 0 Å². The zero-order chi connectivity index (χ0) is 7.11. The molecule has 0 fully saturated rings. The predicted octanol–water partition coefficient (Wildman–Crippen LogP) is 0.205. The van der Waals surface area contributed by atoms with Crippen LogP contribution in [0.1, 0.15) is 6.42 Å². The van der Waals surface area contributed by atoms with Crippen LogP contribution in [-0.4, -0.2) is 18.1 Å². The number of thioether (sulfide) groups is 1. The van der Waals surface area contributed by atoms with Crippen LogP contribution in [0.4, 0.5) is 0 Å². The highest BCUT2D eigenvalue weighted by atomic mass is 32.2. The average molecular weight is 144 g/mol. The van der Waals surface area contributed by atoms with E-state index in [-0.39, 0.29) is 6.04 Å². The second-order valence-corrected chi connectivity index (χ2v) is 2.64. The number of nitrogens with two attached hydrogens (primary N) is 1. The number of terminal acetylenes is 1. The van der Waals surface area contributed by atoms with Crippen LogP contribution in [0.5, 0.6) is 0 Å². The van der Waals surface area contributed by atoms with Crippen LogP contribution in [0.15, 0.2) is 0 Å². The molecule has 1 atom stereocenters. The molecule has 52 valence electrons. The molecule has 2 nitrogen and oxygen atoms in total. The number of hydrazine groups is 1. The average Bonchev–Trinajstić information content (AvgIpc) is 1.88. The molecule has 0 aliphatic heterocycles. The third-order valence-electron chi connectivity index (χ3n) is 0.968. The fraction of sp³-hybridized carbons (Fsp3) is 0.667. The van der Waals surface area contributed by atoms with Crippen molar-refractivity contribution in [3.8, 4) is 12.3 Å². The Hall–Kier alpha value is -0.170. The van der Waals surface area contributed by atoms with Crippen molar-refractivity contribution in [1.82, 2.24) is 5.43 Å². The summed E-state index contributed by atoms with van der Waals surface area (Å²) < 4.78 is 0. The first-order chi connectivity index (χ1) is 4.35. The molecule has 0 spiro atoms. The van der Waals surface area contributed by atoms with Gasteiger partial charge in [0, 0.05) is 18.2 Å². The van der Waals surface area contributed by atoms with Crippen LogP contribution >= 0.6 is 11.8 Å². The molecule has 0 saturated carbocycles. The lowest BCUT2D eigenvalue weighted by molar-refractivity contribution is 0.592. The second kappa shape index (κ2) is 5.96. The van der Waals surface area contributed by atoms with E-state index >= 15 is 0 Å². The highest BCUT2D eigenvalue weighted by Gasteiger charge is 2.00. The van der Waals surface area contributed by atoms with Gasteiger partial charge >= 0.3 is 0 Å². The first-order valence-electron chi connectivity index (χ1n) is 2.73. The normalized spacial score (nSPS) is 12.6. The van der Waals surface area contributed by atoms with E-state index in [0.29, 0.717) is 6.42 Å². The van der Waals surface area contributed by atoms with Gasteiger partial charge in [0.25, 0.3) is 0 Å². The largest absolute Gasteiger partial charge is 0.271 e. The molecule has 9 heavy (non-hydrogen) atoms. The highest BCUT2D eigenvalue weighted by Crippen LogP contribution is 1.98. The summed E-state index contributed by atoms with van der Waals surface area (Å²) in [4.78, 5) is 0. The predicted molar refractivity (Wildman–Crippen MR) is 42.9 cm³/mol. The fourth-order valence-corrected chi connectivity index (χ4v) is 1.13. The standard InChI is InChI=1S/C6H12N2S/c1-3-4-6(8-7)5-9-2/h1,6,8H,4-5,7H2,2H3. The number of nitrogens with one attached hydrogen (secondary N) is 1. The van der Waals surface area contributed by atoms with Gasteiger partial charge in [-0.25, -0.2) is 0 Å². The zero-order valence-corrected chi connectivity index (χ0v) is 6.37. The molecule has 3 N–H and O–H groups in total. The molecule has 0 radical (unpaired) electrons. The molecule has 0 rings (SSSR count). The molecule has 0 heterocycles. The Balaban J connectivity index is 3.32. The van der Waals surface area contributed by atoms with Gasteiger partial charge in [-0.1, -0.05) is 0 Å². The van der Waals surface area contributed by atoms with Crippen LogP contribution in [0, 0.1) is 12.3 Å². The van der Waals surface area contributed by atoms with Gasteiger partial charge in [-0.05, 0) is 6.26 Å². The lowest BCUT2D eigenvalue weighted by Gasteiger charge is -2.09. The molecule has 0 aromatic carbocycles. The van der Waals surface area contributed by atoms with Crippen LogP contribution < -0.4 is 11.3 Å². The lowest BCUT2D eigenvalue weighted by atomic mass is 10.3. The van der Waals surface area contributed by atoms with Crippen molar-refractivity contribution in [2.45, 2.75) is 12.5 Å². The van der Waals surface area contributed by atoms with E-state index in [9.17, 15) is 0 Å². The van der Waals surface area contributed by atoms with Crippen LogP contribution in [0.3, 0.4) is 0 Å². The first-order valence-corrected chi connectivity index (χ1v) is 4.13. The van der Waals surface area contributed by atoms with Crippen molar-refractivity contribution in [1.29, 1.82) is 0 Å². The lowest BCUT2D eigenvalue weighted by Crippen LogP contribution is -2.36. The van der Waals surface area contributed by atoms with Gasteiger partial charge in [-0.15, -0.1) is 12.3 Å². The summed E-state index contributed by atoms with van der Waals surface area (Å²) in [7, 11) is 0. The molecule has 0 saturated heterocycles. The van der Waals surface area contributed by atoms with Gasteiger partial charge in [-0.3, -0.25) is 11.3 Å². The molecule has 0 aromatic rings. The van der Waals surface area contributed by atoms with Gasteiger partial charge in [0.2, 0.25) is 0 Å². The SMILES string of the molecule is C#CCC(CSC)NN. The monoisotopic (exact) mass is 144 g/mol. The van der Waals surface area contributed by atoms with E-state index in [1.807, 2.05) is 6.26 Å². The maximum Gasteiger partial charge on any atom is 0.0410 e. The Morgan fingerprint density at radius 3 is 2.89 bits per heavy atom. The Labute approximate surface area is 60.5 Å². The highest BCUT2D eigenvalue weighted by molar-refractivity contribution is 7.98. The Bertz CT molecular complexity index is 97.7. The second-order valence-electron chi connectivity index (χ2n) is 1.73. The van der Waals surface area contributed by atoms with Crippen LogP contribution in [0.2, 0.25) is 0 Å². The summed E-state index contributed by atoms with van der Waals surface area (Å²) in [5.41, 5.74) is 2.64. The minimum absolute atomic E-state index is 0.269. The number of hydrogen-bond donors (Lipinski definition) is 2. The van der Waals surface area contributed by atoms with Crippen molar-refractivity contribution in [2.24, 2.45) is 5.84 Å². The van der Waals surface area contributed by atoms with Gasteiger partial charge in [-0.2, -0.15) is 11.8 Å². The fourth-order valence-electron chi connectivity index (χ4n) is 0.509. The van der Waals surface area contributed by atoms with E-state index in [1.54, 1.807) is 11.8 Å². The van der Waals surface area contributed by atoms with Gasteiger partial charge < -0.3 is 0 Å². The first kappa shape index (κ1) is 8.83. The van der Waals surface area contributed by atoms with Crippen molar-refractivity contribution in [3.05, 3.63) is 0 Å². The number of rotatable bonds is 4. The van der Waals surface area contributed by atoms with Crippen molar-refractivity contribution in [3.63, 3.8) is 0 Å². The van der Waals surface area contributed by atoms with E-state index < -0.39 is 0 Å². The Kier molecular flexibility index (Phi) is 5.85. The smallest absolute Gasteiger partial charge is 0.0410 e. The third kappa shape index (κ3) is 4.34. The van der Waals surface area contributed by atoms with E-state index in [0.717, 1.165) is 5.75 Å². The van der Waals surface area contributed by atoms with Crippen LogP contribution in [-0.2, 0) is 0 Å². The van der Waals surface area contributed by atoms with E-state index in [4.69, 9.17) is 12.3 Å². The van der Waals surface area contributed by atoms with Gasteiger partial charge in [0.15, 0.2) is 0 Å². The molecule has 0 bridgehead atoms. The molecular weight excluding hydrogens is 132 g/mol. The molecule has 0 aliphatic carbocycles. The minimum atomic E-state index is 0.269. The van der Waals surface area contributed by atoms with Crippen molar-refractivity contribution in [2.75, 3.05) is 12.0 Å². The summed E-state index contributed by atoms with van der Waals surface area (Å²) in [6.07, 6.45) is 7.81. The maximum atomic E-state index is 5.19. The summed E-state index contributed by atoms with van der Waals surface area (Å²) in [6, 6.07) is 0.269. The topological polar surface area (TPSA) is 38.0 Å². The van der Waals surface area contributed by atoms with Gasteiger partial charge in [0.1, 0.15) is 0 Å². The molecule has 0 amide bonds. The van der Waals surface area contributed by atoms with E-state index in [2.05, 4.69) is 11.3 Å². The third-order valence-corrected chi connectivity index (χ3v) is 1.70. The van der Waals surface area contributed by atoms with E-state index in [1.165, 1.54) is 0 Å². The van der Waals surface area contributed by atoms with Crippen molar-refractivity contribution >= 4 is 11.8 Å². The molecule has 1 unspecified atom stereocenters. The summed E-state index contributed by atoms with van der Waals surface area (Å²) in [6.45, 7) is 0. The van der Waals surface area contributed by atoms with Crippen LogP contribution in [0.25, 0.3) is 0 Å². The summed E-state index contributed by atoms with van der Waals surface area (Å²) in [5, 5.41) is 0. The number of hydrogen-bond acceptors (Lipinski definition) is 3. The molecule has 0 aliphatic rings. The minimum Gasteiger partial charge on any atom is -0.271 e. The maximum absolute atomic E-state index is 5.19. The molecule has 3 heteroatoms. The molecule has 0 aromatic heterocycles. The summed E-state index contributed by atoms with van der Waals surface area (Å²) >= 11 is 1.74. The molecular formula is C6H12N2S. The van der Waals surface area contributed by atoms with Gasteiger partial charge in [0.05, 0.1) is 0 Å². The quantitative estimate of drug-likeness (QED) is 0.336. The Morgan fingerprint density at radius 1 is 1.89 bits per heavy atom. The summed E-state index contributed by atoms with van der Waals surface area (Å²) in [5.74, 6) is 8.71. The Morgan fingerprint density at radius 2 is 2.56 bits per heavy atom. The zero-order valence-electron chi connectivity index (χ0n) is 5.55.